The summed E-state index contributed by atoms with van der Waals surface area (Å²) in [7, 11) is 0. The average molecular weight is 230 g/mol. The fraction of sp³-hybridized carbons (Fsp3) is 0.800. The normalized spacial score (nSPS) is 22.2. The Morgan fingerprint density at radius 1 is 1.50 bits per heavy atom. The Bertz CT molecular complexity index is 251. The van der Waals surface area contributed by atoms with Gasteiger partial charge in [0.25, 0.3) is 0 Å². The molecule has 0 saturated carbocycles. The lowest BCUT2D eigenvalue weighted by atomic mass is 10.1. The van der Waals surface area contributed by atoms with Crippen LogP contribution in [-0.4, -0.2) is 42.4 Å². The Kier molecular flexibility index (Phi) is 5.04. The summed E-state index contributed by atoms with van der Waals surface area (Å²) in [5, 5.41) is 13.5. The smallest absolute Gasteiger partial charge is 0.325 e. The minimum absolute atomic E-state index is 0.0552. The number of carboxylic acid groups (broad SMARTS) is 1. The van der Waals surface area contributed by atoms with Crippen LogP contribution >= 0.6 is 0 Å². The maximum Gasteiger partial charge on any atom is 0.325 e. The molecular formula is C10H18N2O4. The van der Waals surface area contributed by atoms with Crippen LogP contribution in [0.3, 0.4) is 0 Å². The van der Waals surface area contributed by atoms with E-state index in [-0.39, 0.29) is 6.10 Å². The third-order valence-corrected chi connectivity index (χ3v) is 2.48. The molecule has 1 saturated heterocycles. The first-order chi connectivity index (χ1) is 7.59. The van der Waals surface area contributed by atoms with Crippen molar-refractivity contribution < 1.29 is 19.4 Å². The van der Waals surface area contributed by atoms with E-state index in [0.29, 0.717) is 6.54 Å². The van der Waals surface area contributed by atoms with Crippen LogP contribution in [0, 0.1) is 0 Å². The summed E-state index contributed by atoms with van der Waals surface area (Å²) >= 11 is 0. The zero-order valence-electron chi connectivity index (χ0n) is 9.36. The third-order valence-electron chi connectivity index (χ3n) is 2.48. The van der Waals surface area contributed by atoms with Crippen LogP contribution in [0.25, 0.3) is 0 Å². The van der Waals surface area contributed by atoms with Gasteiger partial charge in [0, 0.05) is 13.2 Å². The van der Waals surface area contributed by atoms with Crippen molar-refractivity contribution in [2.75, 3.05) is 13.2 Å². The van der Waals surface area contributed by atoms with Crippen LogP contribution in [-0.2, 0) is 9.53 Å². The molecule has 0 aliphatic carbocycles. The molecule has 1 heterocycles. The molecular weight excluding hydrogens is 212 g/mol. The Morgan fingerprint density at radius 3 is 2.81 bits per heavy atom. The Balaban J connectivity index is 2.16. The molecule has 0 aromatic heterocycles. The Morgan fingerprint density at radius 2 is 2.25 bits per heavy atom. The molecule has 1 aliphatic rings. The number of urea groups is 1. The highest BCUT2D eigenvalue weighted by Crippen LogP contribution is 2.11. The highest BCUT2D eigenvalue weighted by molar-refractivity contribution is 5.82. The van der Waals surface area contributed by atoms with Gasteiger partial charge in [0.1, 0.15) is 6.04 Å². The summed E-state index contributed by atoms with van der Waals surface area (Å²) in [4.78, 5) is 21.7. The van der Waals surface area contributed by atoms with Gasteiger partial charge in [-0.25, -0.2) is 4.79 Å². The predicted octanol–water partition coefficient (Wildman–Crippen LogP) is 0.328. The van der Waals surface area contributed by atoms with E-state index >= 15 is 0 Å². The number of hydrogen-bond donors (Lipinski definition) is 3. The van der Waals surface area contributed by atoms with Crippen LogP contribution in [0.15, 0.2) is 0 Å². The van der Waals surface area contributed by atoms with Crippen molar-refractivity contribution in [3.8, 4) is 0 Å². The Hall–Kier alpha value is -1.30. The number of hydrogen-bond acceptors (Lipinski definition) is 3. The molecule has 0 aromatic carbocycles. The monoisotopic (exact) mass is 230 g/mol. The lowest BCUT2D eigenvalue weighted by molar-refractivity contribution is -0.138. The molecule has 0 bridgehead atoms. The molecule has 0 radical (unpaired) electrons. The highest BCUT2D eigenvalue weighted by atomic mass is 16.5. The molecule has 92 valence electrons. The molecule has 1 aliphatic heterocycles. The van der Waals surface area contributed by atoms with E-state index < -0.39 is 18.0 Å². The fourth-order valence-electron chi connectivity index (χ4n) is 1.48. The minimum Gasteiger partial charge on any atom is -0.480 e. The van der Waals surface area contributed by atoms with E-state index in [9.17, 15) is 9.59 Å². The first-order valence-electron chi connectivity index (χ1n) is 5.48. The number of ether oxygens (including phenoxy) is 1. The Labute approximate surface area is 94.3 Å². The number of carbonyl (C=O) groups excluding carboxylic acids is 1. The average Bonchev–Trinajstić information content (AvgIpc) is 2.27. The minimum atomic E-state index is -1.05. The summed E-state index contributed by atoms with van der Waals surface area (Å²) in [6.45, 7) is 2.58. The molecule has 0 spiro atoms. The largest absolute Gasteiger partial charge is 0.480 e. The summed E-state index contributed by atoms with van der Waals surface area (Å²) in [6.07, 6.45) is 3.17. The number of aliphatic carboxylic acids is 1. The van der Waals surface area contributed by atoms with Gasteiger partial charge in [-0.1, -0.05) is 0 Å². The number of carbonyl (C=O) groups is 2. The van der Waals surface area contributed by atoms with Crippen LogP contribution < -0.4 is 10.6 Å². The van der Waals surface area contributed by atoms with Crippen LogP contribution in [0.1, 0.15) is 26.2 Å². The third kappa shape index (κ3) is 4.48. The topological polar surface area (TPSA) is 87.7 Å². The molecule has 1 rings (SSSR count). The number of nitrogens with one attached hydrogen (secondary N) is 2. The van der Waals surface area contributed by atoms with E-state index in [2.05, 4.69) is 10.6 Å². The molecule has 3 N–H and O–H groups in total. The van der Waals surface area contributed by atoms with Crippen LogP contribution in [0.2, 0.25) is 0 Å². The van der Waals surface area contributed by atoms with Crippen LogP contribution in [0.4, 0.5) is 4.79 Å². The van der Waals surface area contributed by atoms with E-state index in [0.717, 1.165) is 25.9 Å². The maximum absolute atomic E-state index is 11.3. The van der Waals surface area contributed by atoms with Gasteiger partial charge in [0.05, 0.1) is 6.10 Å². The molecule has 6 nitrogen and oxygen atoms in total. The second kappa shape index (κ2) is 6.32. The number of rotatable bonds is 4. The maximum atomic E-state index is 11.3. The van der Waals surface area contributed by atoms with Gasteiger partial charge in [0.2, 0.25) is 0 Å². The quantitative estimate of drug-likeness (QED) is 0.649. The van der Waals surface area contributed by atoms with E-state index in [1.54, 1.807) is 0 Å². The molecule has 1 unspecified atom stereocenters. The van der Waals surface area contributed by atoms with Gasteiger partial charge in [-0.2, -0.15) is 0 Å². The zero-order chi connectivity index (χ0) is 12.0. The predicted molar refractivity (Wildman–Crippen MR) is 57.2 cm³/mol. The second-order valence-corrected chi connectivity index (χ2v) is 3.90. The summed E-state index contributed by atoms with van der Waals surface area (Å²) in [6, 6.07) is -1.35. The molecule has 6 heteroatoms. The zero-order valence-corrected chi connectivity index (χ0v) is 9.36. The SMILES string of the molecule is C[C@H](NC(=O)NCC1CCCCO1)C(=O)O. The lowest BCUT2D eigenvalue weighted by Crippen LogP contribution is -2.46. The van der Waals surface area contributed by atoms with E-state index in [4.69, 9.17) is 9.84 Å². The van der Waals surface area contributed by atoms with Gasteiger partial charge in [-0.15, -0.1) is 0 Å². The van der Waals surface area contributed by atoms with Crippen molar-refractivity contribution in [2.45, 2.75) is 38.3 Å². The van der Waals surface area contributed by atoms with Gasteiger partial charge in [-0.3, -0.25) is 4.79 Å². The summed E-state index contributed by atoms with van der Waals surface area (Å²) < 4.78 is 5.42. The van der Waals surface area contributed by atoms with Gasteiger partial charge < -0.3 is 20.5 Å². The molecule has 16 heavy (non-hydrogen) atoms. The second-order valence-electron chi connectivity index (χ2n) is 3.90. The van der Waals surface area contributed by atoms with E-state index in [1.165, 1.54) is 6.92 Å². The first-order valence-corrected chi connectivity index (χ1v) is 5.48. The number of carboxylic acids is 1. The van der Waals surface area contributed by atoms with Crippen molar-refractivity contribution in [1.82, 2.24) is 10.6 Å². The fourth-order valence-corrected chi connectivity index (χ4v) is 1.48. The van der Waals surface area contributed by atoms with Gasteiger partial charge in [-0.05, 0) is 26.2 Å². The van der Waals surface area contributed by atoms with Crippen molar-refractivity contribution in [3.05, 3.63) is 0 Å². The molecule has 0 aromatic rings. The van der Waals surface area contributed by atoms with Crippen LogP contribution in [0.5, 0.6) is 0 Å². The highest BCUT2D eigenvalue weighted by Gasteiger charge is 2.17. The van der Waals surface area contributed by atoms with Crippen molar-refractivity contribution in [3.63, 3.8) is 0 Å². The lowest BCUT2D eigenvalue weighted by Gasteiger charge is -2.23. The molecule has 1 fully saturated rings. The van der Waals surface area contributed by atoms with Gasteiger partial charge in [0.15, 0.2) is 0 Å². The van der Waals surface area contributed by atoms with E-state index in [1.807, 2.05) is 0 Å². The first kappa shape index (κ1) is 12.8. The summed E-state index contributed by atoms with van der Waals surface area (Å²) in [5.41, 5.74) is 0. The van der Waals surface area contributed by atoms with Crippen molar-refractivity contribution in [1.29, 1.82) is 0 Å². The standard InChI is InChI=1S/C10H18N2O4/c1-7(9(13)14)12-10(15)11-6-8-4-2-3-5-16-8/h7-8H,2-6H2,1H3,(H,13,14)(H2,11,12,15)/t7-,8?/m0/s1. The molecule has 2 atom stereocenters. The van der Waals surface area contributed by atoms with Gasteiger partial charge >= 0.3 is 12.0 Å². The van der Waals surface area contributed by atoms with Crippen molar-refractivity contribution >= 4 is 12.0 Å². The van der Waals surface area contributed by atoms with Crippen molar-refractivity contribution in [2.24, 2.45) is 0 Å². The number of amides is 2. The molecule has 2 amide bonds. The summed E-state index contributed by atoms with van der Waals surface area (Å²) in [5.74, 6) is -1.05.